The zero-order chi connectivity index (χ0) is 49.4. The van der Waals surface area contributed by atoms with E-state index in [2.05, 4.69) is 63.2 Å². The summed E-state index contributed by atoms with van der Waals surface area (Å²) < 4.78 is 38.1. The minimum Gasteiger partial charge on any atom is -0.507 e. The molecule has 0 bridgehead atoms. The van der Waals surface area contributed by atoms with Gasteiger partial charge in [0.2, 0.25) is 5.91 Å². The Kier molecular flexibility index (Phi) is 27.0. The molecule has 0 radical (unpaired) electrons. The summed E-state index contributed by atoms with van der Waals surface area (Å²) in [5.41, 5.74) is 4.69. The largest absolute Gasteiger partial charge is 0.507 e. The van der Waals surface area contributed by atoms with Crippen molar-refractivity contribution < 1.29 is 33.0 Å². The SMILES string of the molecule is C=C(C)C(=C)/C(O)=C\C1=C(C)CCCO1.CC/C(C)=C(\C)C(=O)n1nc(-c2ccc3c(c2)COC3)nc1C.CCC(=O)Nc1ccc(C(F)(F)P)cc1Cl.CCCC.CCCCC(C)C. The fourth-order valence-corrected chi connectivity index (χ4v) is 6.07. The lowest BCUT2D eigenvalue weighted by Gasteiger charge is -2.17. The topological polar surface area (TPSA) is 116 Å². The van der Waals surface area contributed by atoms with Crippen LogP contribution >= 0.6 is 20.8 Å². The first kappa shape index (κ1) is 58.6. The number of amides is 1. The molecule has 65 heavy (non-hydrogen) atoms. The highest BCUT2D eigenvalue weighted by atomic mass is 35.5. The number of alkyl halides is 2. The van der Waals surface area contributed by atoms with Gasteiger partial charge in [-0.1, -0.05) is 138 Å². The normalized spacial score (nSPS) is 13.5. The minimum atomic E-state index is -3.02. The van der Waals surface area contributed by atoms with Gasteiger partial charge in [0.25, 0.3) is 11.6 Å². The average Bonchev–Trinajstić information content (AvgIpc) is 3.92. The molecule has 0 spiro atoms. The molecular weight excluding hydrogens is 865 g/mol. The monoisotopic (exact) mass is 941 g/mol. The van der Waals surface area contributed by atoms with Crippen LogP contribution in [0.15, 0.2) is 95.0 Å². The van der Waals surface area contributed by atoms with Gasteiger partial charge in [0.05, 0.1) is 30.5 Å². The van der Waals surface area contributed by atoms with Gasteiger partial charge in [-0.2, -0.15) is 13.5 Å². The summed E-state index contributed by atoms with van der Waals surface area (Å²) >= 11 is 5.78. The fourth-order valence-electron chi connectivity index (χ4n) is 5.66. The molecule has 9 nitrogen and oxygen atoms in total. The number of halogens is 3. The Morgan fingerprint density at radius 2 is 1.63 bits per heavy atom. The third-order valence-corrected chi connectivity index (χ3v) is 11.1. The van der Waals surface area contributed by atoms with Crippen molar-refractivity contribution in [3.8, 4) is 11.4 Å². The van der Waals surface area contributed by atoms with Crippen LogP contribution in [0, 0.1) is 12.8 Å². The molecule has 2 N–H and O–H groups in total. The van der Waals surface area contributed by atoms with Crippen molar-refractivity contribution in [3.63, 3.8) is 0 Å². The van der Waals surface area contributed by atoms with Crippen LogP contribution in [0.25, 0.3) is 11.4 Å². The van der Waals surface area contributed by atoms with Crippen molar-refractivity contribution in [2.45, 2.75) is 160 Å². The van der Waals surface area contributed by atoms with E-state index in [1.54, 1.807) is 19.9 Å². The molecule has 2 aliphatic heterocycles. The lowest BCUT2D eigenvalue weighted by molar-refractivity contribution is -0.115. The number of aromatic nitrogens is 3. The highest BCUT2D eigenvalue weighted by Gasteiger charge is 2.25. The van der Waals surface area contributed by atoms with E-state index in [-0.39, 0.29) is 28.2 Å². The Morgan fingerprint density at radius 1 is 0.985 bits per heavy atom. The van der Waals surface area contributed by atoms with E-state index in [4.69, 9.17) is 21.1 Å². The molecule has 3 aromatic rings. The predicted molar refractivity (Wildman–Crippen MR) is 269 cm³/mol. The standard InChI is InChI=1S/C18H21N3O2.C13H18O2.C10H11ClF2NOP.C7H16.C4H10/c1-5-11(2)12(3)18(22)21-13(4)19-17(20-21)14-6-7-15-9-23-10-16(15)8-14;1-9(2)11(4)12(14)8-13-10(3)6-5-7-15-13;1-2-9(15)14-8-4-3-6(5-7(8)11)10(12,13)16;1-4-5-6-7(2)3;1-3-4-2/h6-8H,5,9-10H2,1-4H3;8,14H,1,4-7H2,2-3H3;3-5H,2,16H2,1H3,(H,14,15);7H,4-6H2,1-3H3;3-4H2,1-2H3/b12-11+;12-8+;;;. The summed E-state index contributed by atoms with van der Waals surface area (Å²) in [5.74, 6) is 2.66. The van der Waals surface area contributed by atoms with Crippen LogP contribution in [0.4, 0.5) is 14.5 Å². The number of hydrogen-bond donors (Lipinski definition) is 2. The molecule has 2 aromatic carbocycles. The van der Waals surface area contributed by atoms with Gasteiger partial charge < -0.3 is 19.9 Å². The van der Waals surface area contributed by atoms with E-state index in [1.807, 2.05) is 52.8 Å². The first-order chi connectivity index (χ1) is 30.6. The van der Waals surface area contributed by atoms with Crippen LogP contribution < -0.4 is 5.32 Å². The molecule has 3 heterocycles. The molecule has 0 saturated carbocycles. The number of fused-ring (bicyclic) bond motifs is 1. The number of carbonyl (C=O) groups excluding carboxylic acids is 2. The van der Waals surface area contributed by atoms with Crippen LogP contribution in [0.5, 0.6) is 0 Å². The zero-order valence-corrected chi connectivity index (χ0v) is 43.1. The predicted octanol–water partition coefficient (Wildman–Crippen LogP) is 15.6. The summed E-state index contributed by atoms with van der Waals surface area (Å²) in [6.07, 6.45) is 11.6. The summed E-state index contributed by atoms with van der Waals surface area (Å²) in [7, 11) is 1.43. The maximum absolute atomic E-state index is 12.9. The molecule has 1 amide bonds. The number of nitrogens with one attached hydrogen (secondary N) is 1. The van der Waals surface area contributed by atoms with E-state index in [0.29, 0.717) is 42.5 Å². The number of rotatable bonds is 13. The Morgan fingerprint density at radius 3 is 2.14 bits per heavy atom. The van der Waals surface area contributed by atoms with Gasteiger partial charge in [-0.25, -0.2) is 4.98 Å². The second-order valence-electron chi connectivity index (χ2n) is 16.6. The summed E-state index contributed by atoms with van der Waals surface area (Å²) in [6, 6.07) is 9.80. The molecule has 1 atom stereocenters. The Balaban J connectivity index is 0.000000447. The Hall–Kier alpha value is -4.44. The van der Waals surface area contributed by atoms with Crippen LogP contribution in [0.1, 0.15) is 161 Å². The van der Waals surface area contributed by atoms with Crippen LogP contribution in [0.2, 0.25) is 5.02 Å². The van der Waals surface area contributed by atoms with Crippen molar-refractivity contribution in [1.82, 2.24) is 14.8 Å². The smallest absolute Gasteiger partial charge is 0.283 e. The lowest BCUT2D eigenvalue weighted by atomic mass is 10.1. The fraction of sp³-hybridized carbons (Fsp3) is 0.500. The Bertz CT molecular complexity index is 2130. The number of aliphatic hydroxyl groups excluding tert-OH is 1. The number of aryl methyl sites for hydroxylation is 1. The Labute approximate surface area is 396 Å². The zero-order valence-electron chi connectivity index (χ0n) is 41.2. The molecule has 0 aliphatic carbocycles. The molecule has 360 valence electrons. The van der Waals surface area contributed by atoms with Gasteiger partial charge in [0, 0.05) is 34.8 Å². The summed E-state index contributed by atoms with van der Waals surface area (Å²) in [6.45, 7) is 33.8. The maximum Gasteiger partial charge on any atom is 0.283 e. The van der Waals surface area contributed by atoms with Crippen LogP contribution in [-0.4, -0.2) is 38.3 Å². The van der Waals surface area contributed by atoms with Gasteiger partial charge in [0.15, 0.2) is 5.82 Å². The minimum absolute atomic E-state index is 0.0985. The molecule has 1 unspecified atom stereocenters. The molecule has 2 aliphatic rings. The van der Waals surface area contributed by atoms with Gasteiger partial charge in [0.1, 0.15) is 17.3 Å². The number of anilines is 1. The van der Waals surface area contributed by atoms with Crippen LogP contribution in [-0.2, 0) is 33.1 Å². The number of ether oxygens (including phenoxy) is 2. The first-order valence-corrected chi connectivity index (χ1v) is 23.7. The maximum atomic E-state index is 12.9. The van der Waals surface area contributed by atoms with Gasteiger partial charge >= 0.3 is 0 Å². The number of nitrogens with zero attached hydrogens (tertiary/aromatic N) is 3. The second-order valence-corrected chi connectivity index (χ2v) is 17.7. The van der Waals surface area contributed by atoms with E-state index in [0.717, 1.165) is 65.9 Å². The van der Waals surface area contributed by atoms with Crippen molar-refractivity contribution in [2.24, 2.45) is 5.92 Å². The molecule has 13 heteroatoms. The van der Waals surface area contributed by atoms with Gasteiger partial charge in [-0.15, -0.1) is 5.10 Å². The van der Waals surface area contributed by atoms with E-state index in [9.17, 15) is 23.5 Å². The molecule has 0 fully saturated rings. The van der Waals surface area contributed by atoms with E-state index in [1.165, 1.54) is 74.9 Å². The third-order valence-electron chi connectivity index (χ3n) is 10.5. The number of carbonyl (C=O) groups is 2. The van der Waals surface area contributed by atoms with Gasteiger partial charge in [-0.05, 0) is 100 Å². The highest BCUT2D eigenvalue weighted by molar-refractivity contribution is 7.17. The van der Waals surface area contributed by atoms with E-state index < -0.39 is 5.66 Å². The van der Waals surface area contributed by atoms with E-state index >= 15 is 0 Å². The van der Waals surface area contributed by atoms with Gasteiger partial charge in [-0.3, -0.25) is 9.59 Å². The summed E-state index contributed by atoms with van der Waals surface area (Å²) in [4.78, 5) is 28.1. The molecule has 0 saturated heterocycles. The molecular formula is C52H76ClF2N4O5P. The van der Waals surface area contributed by atoms with Crippen molar-refractivity contribution in [2.75, 3.05) is 11.9 Å². The lowest BCUT2D eigenvalue weighted by Crippen LogP contribution is -2.16. The van der Waals surface area contributed by atoms with Crippen molar-refractivity contribution in [3.05, 3.63) is 123 Å². The van der Waals surface area contributed by atoms with Crippen molar-refractivity contribution in [1.29, 1.82) is 0 Å². The second kappa shape index (κ2) is 30.0. The summed E-state index contributed by atoms with van der Waals surface area (Å²) in [5, 5.41) is 16.8. The third kappa shape index (κ3) is 20.7. The number of unbranched alkanes of at least 4 members (excludes halogenated alkanes) is 2. The quantitative estimate of drug-likeness (QED) is 0.0759. The number of aliphatic hydroxyl groups is 1. The number of hydrogen-bond acceptors (Lipinski definition) is 7. The molecule has 1 aromatic heterocycles. The number of benzene rings is 2. The average molecular weight is 942 g/mol. The van der Waals surface area contributed by atoms with Crippen molar-refractivity contribution >= 4 is 38.3 Å². The highest BCUT2D eigenvalue weighted by Crippen LogP contribution is 2.37. The molecule has 5 rings (SSSR count). The van der Waals surface area contributed by atoms with Crippen LogP contribution in [0.3, 0.4) is 0 Å². The number of allylic oxidation sites excluding steroid dienone is 5. The first-order valence-electron chi connectivity index (χ1n) is 22.8.